The molecule has 13 nitrogen and oxygen atoms in total. The molecular formula is C34H66NO12P. The van der Waals surface area contributed by atoms with E-state index in [2.05, 4.69) is 19.2 Å². The second-order valence-corrected chi connectivity index (χ2v) is 14.5. The third-order valence-electron chi connectivity index (χ3n) is 8.80. The fraction of sp³-hybridized carbons (Fsp3) is 0.941. The number of ether oxygens (including phenoxy) is 2. The summed E-state index contributed by atoms with van der Waals surface area (Å²) in [5, 5.41) is 44.0. The van der Waals surface area contributed by atoms with Gasteiger partial charge in [-0.05, 0) is 12.8 Å². The predicted molar refractivity (Wildman–Crippen MR) is 182 cm³/mol. The summed E-state index contributed by atoms with van der Waals surface area (Å²) in [7, 11) is -5.23. The van der Waals surface area contributed by atoms with Gasteiger partial charge in [-0.25, -0.2) is 4.57 Å². The van der Waals surface area contributed by atoms with E-state index in [0.29, 0.717) is 19.3 Å². The van der Waals surface area contributed by atoms with E-state index in [0.717, 1.165) is 44.9 Å². The summed E-state index contributed by atoms with van der Waals surface area (Å²) in [4.78, 5) is 44.7. The number of aliphatic hydroxyl groups is 4. The number of amides is 1. The topological polar surface area (TPSA) is 212 Å². The van der Waals surface area contributed by atoms with Gasteiger partial charge in [0.1, 0.15) is 12.2 Å². The summed E-state index contributed by atoms with van der Waals surface area (Å²) >= 11 is 0. The molecule has 0 unspecified atom stereocenters. The van der Waals surface area contributed by atoms with E-state index in [1.165, 1.54) is 64.2 Å². The molecule has 284 valence electrons. The van der Waals surface area contributed by atoms with Crippen molar-refractivity contribution >= 4 is 19.7 Å². The lowest BCUT2D eigenvalue weighted by Gasteiger charge is -2.43. The van der Waals surface area contributed by atoms with Crippen molar-refractivity contribution in [1.29, 1.82) is 0 Å². The van der Waals surface area contributed by atoms with Crippen LogP contribution in [0.15, 0.2) is 0 Å². The first-order valence-electron chi connectivity index (χ1n) is 18.4. The van der Waals surface area contributed by atoms with Crippen LogP contribution in [0.3, 0.4) is 0 Å². The molecule has 1 aliphatic heterocycles. The number of phosphoric acid groups is 1. The summed E-state index contributed by atoms with van der Waals surface area (Å²) in [6, 6.07) is -1.50. The first-order chi connectivity index (χ1) is 22.9. The van der Waals surface area contributed by atoms with Gasteiger partial charge in [-0.15, -0.1) is 0 Å². The number of phosphoric ester groups is 1. The molecule has 48 heavy (non-hydrogen) atoms. The number of rotatable bonds is 29. The highest BCUT2D eigenvalue weighted by atomic mass is 31.2. The van der Waals surface area contributed by atoms with Gasteiger partial charge in [0.05, 0.1) is 37.7 Å². The molecular weight excluding hydrogens is 645 g/mol. The minimum absolute atomic E-state index is 0.326. The zero-order valence-corrected chi connectivity index (χ0v) is 30.3. The molecule has 0 spiro atoms. The van der Waals surface area contributed by atoms with E-state index < -0.39 is 75.6 Å². The Kier molecular flexibility index (Phi) is 24.9. The maximum atomic E-state index is 12.9. The second kappa shape index (κ2) is 26.6. The fourth-order valence-corrected chi connectivity index (χ4v) is 6.47. The van der Waals surface area contributed by atoms with Crippen LogP contribution in [-0.2, 0) is 28.2 Å². The van der Waals surface area contributed by atoms with Crippen LogP contribution in [-0.4, -0.2) is 91.5 Å². The lowest BCUT2D eigenvalue weighted by Crippen LogP contribution is -2.66. The quantitative estimate of drug-likeness (QED) is 0.0313. The Morgan fingerprint density at radius 2 is 1.19 bits per heavy atom. The number of esters is 1. The van der Waals surface area contributed by atoms with Crippen molar-refractivity contribution < 1.29 is 58.4 Å². The molecule has 0 bridgehead atoms. The monoisotopic (exact) mass is 711 g/mol. The normalized spacial score (nSPS) is 22.7. The number of unbranched alkanes of at least 4 members (excludes halogenated alkanes) is 16. The minimum atomic E-state index is -5.23. The van der Waals surface area contributed by atoms with E-state index >= 15 is 0 Å². The Bertz CT molecular complexity index is 890. The Labute approximate surface area is 287 Å². The van der Waals surface area contributed by atoms with Crippen molar-refractivity contribution in [2.24, 2.45) is 0 Å². The molecule has 0 radical (unpaired) electrons. The molecule has 1 fully saturated rings. The summed E-state index contributed by atoms with van der Waals surface area (Å²) in [6.45, 7) is 3.56. The molecule has 7 atom stereocenters. The standard InChI is InChI=1S/C34H66NO12P/c1-3-5-7-9-11-13-15-17-19-21-26(37)23-29(39)35-31-32(41)28(25-36)45-34(47-48(42,43)44)33(31)46-30(40)24-27(38)22-20-18-16-14-12-10-8-6-4-2/h26-28,31-34,36-38,41H,3-25H2,1-2H3,(H,35,39)(H2,42,43,44)/t26-,27-,28-,31+,32-,33-,34-/m1/s1. The van der Waals surface area contributed by atoms with E-state index in [9.17, 15) is 44.4 Å². The van der Waals surface area contributed by atoms with Gasteiger partial charge in [-0.1, -0.05) is 129 Å². The van der Waals surface area contributed by atoms with Crippen LogP contribution in [0.1, 0.15) is 155 Å². The highest BCUT2D eigenvalue weighted by Crippen LogP contribution is 2.41. The van der Waals surface area contributed by atoms with Crippen LogP contribution in [0, 0.1) is 0 Å². The molecule has 0 aliphatic carbocycles. The van der Waals surface area contributed by atoms with Gasteiger partial charge >= 0.3 is 13.8 Å². The molecule has 1 rings (SSSR count). The molecule has 1 saturated heterocycles. The van der Waals surface area contributed by atoms with E-state index in [-0.39, 0.29) is 6.42 Å². The van der Waals surface area contributed by atoms with Crippen LogP contribution in [0.4, 0.5) is 0 Å². The van der Waals surface area contributed by atoms with Crippen LogP contribution in [0.2, 0.25) is 0 Å². The highest BCUT2D eigenvalue weighted by molar-refractivity contribution is 7.46. The Hall–Kier alpha value is -1.15. The zero-order chi connectivity index (χ0) is 35.8. The Balaban J connectivity index is 2.70. The van der Waals surface area contributed by atoms with Crippen molar-refractivity contribution in [2.45, 2.75) is 198 Å². The second-order valence-electron chi connectivity index (χ2n) is 13.3. The van der Waals surface area contributed by atoms with Gasteiger partial charge in [0.25, 0.3) is 0 Å². The van der Waals surface area contributed by atoms with E-state index in [4.69, 9.17) is 14.0 Å². The fourth-order valence-electron chi connectivity index (χ4n) is 6.03. The number of carbonyl (C=O) groups is 2. The molecule has 1 aliphatic rings. The predicted octanol–water partition coefficient (Wildman–Crippen LogP) is 4.91. The van der Waals surface area contributed by atoms with Crippen molar-refractivity contribution in [1.82, 2.24) is 5.32 Å². The minimum Gasteiger partial charge on any atom is -0.455 e. The number of aliphatic hydroxyl groups excluding tert-OH is 4. The number of hydrogen-bond donors (Lipinski definition) is 7. The van der Waals surface area contributed by atoms with E-state index in [1.807, 2.05) is 0 Å². The molecule has 1 heterocycles. The maximum absolute atomic E-state index is 12.9. The van der Waals surface area contributed by atoms with Crippen molar-refractivity contribution in [2.75, 3.05) is 6.61 Å². The average Bonchev–Trinajstić information content (AvgIpc) is 3.01. The zero-order valence-electron chi connectivity index (χ0n) is 29.4. The average molecular weight is 712 g/mol. The molecule has 0 saturated carbocycles. The van der Waals surface area contributed by atoms with Crippen molar-refractivity contribution in [3.8, 4) is 0 Å². The SMILES string of the molecule is CCCCCCCCCCC[C@@H](O)CC(=O)N[C@H]1[C@H](O)[C@@H](CO)O[C@H](OP(=O)(O)O)[C@@H]1OC(=O)C[C@H](O)CCCCCCCCCCC. The first kappa shape index (κ1) is 44.9. The van der Waals surface area contributed by atoms with Gasteiger partial charge in [0.15, 0.2) is 6.10 Å². The summed E-state index contributed by atoms with van der Waals surface area (Å²) < 4.78 is 27.2. The summed E-state index contributed by atoms with van der Waals surface area (Å²) in [5.41, 5.74) is 0. The summed E-state index contributed by atoms with van der Waals surface area (Å²) in [6.07, 6.45) is 11.0. The van der Waals surface area contributed by atoms with Crippen LogP contribution in [0.25, 0.3) is 0 Å². The first-order valence-corrected chi connectivity index (χ1v) is 20.0. The van der Waals surface area contributed by atoms with Crippen LogP contribution >= 0.6 is 7.82 Å². The molecule has 0 aromatic heterocycles. The Morgan fingerprint density at radius 1 is 0.750 bits per heavy atom. The number of carbonyl (C=O) groups excluding carboxylic acids is 2. The van der Waals surface area contributed by atoms with Gasteiger partial charge in [-0.3, -0.25) is 14.1 Å². The van der Waals surface area contributed by atoms with Gasteiger partial charge in [0, 0.05) is 0 Å². The molecule has 14 heteroatoms. The van der Waals surface area contributed by atoms with Crippen LogP contribution < -0.4 is 5.32 Å². The lowest BCUT2D eigenvalue weighted by atomic mass is 9.95. The molecule has 0 aromatic rings. The van der Waals surface area contributed by atoms with Gasteiger partial charge in [-0.2, -0.15) is 0 Å². The van der Waals surface area contributed by atoms with Gasteiger partial charge < -0.3 is 45.0 Å². The third kappa shape index (κ3) is 21.2. The highest BCUT2D eigenvalue weighted by Gasteiger charge is 2.50. The number of nitrogens with one attached hydrogen (secondary N) is 1. The molecule has 7 N–H and O–H groups in total. The largest absolute Gasteiger partial charge is 0.472 e. The van der Waals surface area contributed by atoms with Crippen molar-refractivity contribution in [3.05, 3.63) is 0 Å². The Morgan fingerprint density at radius 3 is 1.62 bits per heavy atom. The molecule has 0 aromatic carbocycles. The van der Waals surface area contributed by atoms with Crippen molar-refractivity contribution in [3.63, 3.8) is 0 Å². The molecule has 1 amide bonds. The van der Waals surface area contributed by atoms with Gasteiger partial charge in [0.2, 0.25) is 12.2 Å². The number of hydrogen-bond acceptors (Lipinski definition) is 10. The third-order valence-corrected chi connectivity index (χ3v) is 9.28. The lowest BCUT2D eigenvalue weighted by molar-refractivity contribution is -0.262. The smallest absolute Gasteiger partial charge is 0.455 e. The van der Waals surface area contributed by atoms with E-state index in [1.54, 1.807) is 0 Å². The maximum Gasteiger partial charge on any atom is 0.472 e. The summed E-state index contributed by atoms with van der Waals surface area (Å²) in [5.74, 6) is -1.66. The van der Waals surface area contributed by atoms with Crippen LogP contribution in [0.5, 0.6) is 0 Å².